The second kappa shape index (κ2) is 7.50. The van der Waals surface area contributed by atoms with E-state index in [4.69, 9.17) is 0 Å². The van der Waals surface area contributed by atoms with Gasteiger partial charge in [0, 0.05) is 25.4 Å². The normalized spacial score (nSPS) is 19.2. The summed E-state index contributed by atoms with van der Waals surface area (Å²) in [7, 11) is 0. The minimum atomic E-state index is -4.44. The van der Waals surface area contributed by atoms with Crippen LogP contribution in [0.5, 0.6) is 0 Å². The third-order valence-electron chi connectivity index (χ3n) is 3.74. The Morgan fingerprint density at radius 2 is 2.08 bits per heavy atom. The highest BCUT2D eigenvalue weighted by atomic mass is 19.4. The van der Waals surface area contributed by atoms with Crippen LogP contribution in [-0.2, 0) is 4.79 Å². The van der Waals surface area contributed by atoms with Gasteiger partial charge in [-0.3, -0.25) is 9.78 Å². The zero-order valence-electron chi connectivity index (χ0n) is 13.1. The van der Waals surface area contributed by atoms with E-state index in [9.17, 15) is 22.8 Å². The predicted molar refractivity (Wildman–Crippen MR) is 80.0 cm³/mol. The first-order valence-electron chi connectivity index (χ1n) is 7.60. The first-order valence-corrected chi connectivity index (χ1v) is 7.60. The van der Waals surface area contributed by atoms with Gasteiger partial charge < -0.3 is 15.5 Å². The van der Waals surface area contributed by atoms with Crippen molar-refractivity contribution in [1.29, 1.82) is 0 Å². The van der Waals surface area contributed by atoms with Crippen molar-refractivity contribution in [3.8, 4) is 0 Å². The lowest BCUT2D eigenvalue weighted by Crippen LogP contribution is -2.45. The molecule has 0 aromatic carbocycles. The minimum absolute atomic E-state index is 0.129. The van der Waals surface area contributed by atoms with Gasteiger partial charge in [0.05, 0.1) is 12.1 Å². The summed E-state index contributed by atoms with van der Waals surface area (Å²) in [6, 6.07) is 2.17. The highest BCUT2D eigenvalue weighted by Gasteiger charge is 2.38. The summed E-state index contributed by atoms with van der Waals surface area (Å²) in [4.78, 5) is 28.3. The second-order valence-electron chi connectivity index (χ2n) is 5.65. The third kappa shape index (κ3) is 5.10. The van der Waals surface area contributed by atoms with E-state index in [1.807, 2.05) is 6.92 Å². The maximum Gasteiger partial charge on any atom is 0.406 e. The van der Waals surface area contributed by atoms with Crippen molar-refractivity contribution in [3.05, 3.63) is 30.1 Å². The quantitative estimate of drug-likeness (QED) is 0.858. The Hall–Kier alpha value is -2.32. The molecule has 1 saturated heterocycles. The molecule has 1 aliphatic rings. The molecule has 0 unspecified atom stereocenters. The number of alkyl halides is 3. The Morgan fingerprint density at radius 1 is 1.42 bits per heavy atom. The highest BCUT2D eigenvalue weighted by molar-refractivity contribution is 5.81. The van der Waals surface area contributed by atoms with Crippen LogP contribution < -0.4 is 10.6 Å². The maximum atomic E-state index is 12.4. The molecule has 0 bridgehead atoms. The van der Waals surface area contributed by atoms with Crippen molar-refractivity contribution in [3.63, 3.8) is 0 Å². The number of likely N-dealkylation sites (tertiary alicyclic amines) is 1. The molecular formula is C15H19F3N4O2. The number of pyridine rings is 1. The molecule has 24 heavy (non-hydrogen) atoms. The van der Waals surface area contributed by atoms with E-state index in [2.05, 4.69) is 15.6 Å². The molecule has 0 aliphatic carbocycles. The molecule has 2 rings (SSSR count). The third-order valence-corrected chi connectivity index (χ3v) is 3.74. The first kappa shape index (κ1) is 18.0. The fourth-order valence-corrected chi connectivity index (χ4v) is 2.64. The first-order chi connectivity index (χ1) is 11.3. The van der Waals surface area contributed by atoms with Gasteiger partial charge in [-0.2, -0.15) is 13.2 Å². The van der Waals surface area contributed by atoms with E-state index >= 15 is 0 Å². The van der Waals surface area contributed by atoms with E-state index in [1.54, 1.807) is 24.5 Å². The second-order valence-corrected chi connectivity index (χ2v) is 5.65. The molecule has 1 aliphatic heterocycles. The Labute approximate surface area is 137 Å². The van der Waals surface area contributed by atoms with Gasteiger partial charge in [0.25, 0.3) is 0 Å². The van der Waals surface area contributed by atoms with Crippen LogP contribution in [0.15, 0.2) is 24.5 Å². The summed E-state index contributed by atoms with van der Waals surface area (Å²) < 4.78 is 37.1. The smallest absolute Gasteiger partial charge is 0.333 e. The summed E-state index contributed by atoms with van der Waals surface area (Å²) in [5, 5.41) is 5.32. The number of hydrogen-bond acceptors (Lipinski definition) is 3. The van der Waals surface area contributed by atoms with Crippen LogP contribution in [0.25, 0.3) is 0 Å². The SMILES string of the molecule is CC[C@@H](NC(=O)N[C@H]1CC(=O)N(CC(F)(F)F)C1)c1ccncc1. The number of amides is 3. The summed E-state index contributed by atoms with van der Waals surface area (Å²) in [5.74, 6) is -0.612. The summed E-state index contributed by atoms with van der Waals surface area (Å²) in [5.41, 5.74) is 0.879. The van der Waals surface area contributed by atoms with E-state index in [1.165, 1.54) is 0 Å². The van der Waals surface area contributed by atoms with Crippen molar-refractivity contribution < 1.29 is 22.8 Å². The maximum absolute atomic E-state index is 12.4. The Kier molecular flexibility index (Phi) is 5.63. The number of rotatable bonds is 5. The summed E-state index contributed by atoms with van der Waals surface area (Å²) in [6.07, 6.45) is -0.706. The van der Waals surface area contributed by atoms with E-state index < -0.39 is 30.7 Å². The van der Waals surface area contributed by atoms with Crippen molar-refractivity contribution in [2.75, 3.05) is 13.1 Å². The lowest BCUT2D eigenvalue weighted by Gasteiger charge is -2.21. The lowest BCUT2D eigenvalue weighted by molar-refractivity contribution is -0.157. The van der Waals surface area contributed by atoms with Crippen LogP contribution in [0.4, 0.5) is 18.0 Å². The minimum Gasteiger partial charge on any atom is -0.333 e. The number of aromatic nitrogens is 1. The molecule has 1 aromatic rings. The zero-order valence-corrected chi connectivity index (χ0v) is 13.1. The van der Waals surface area contributed by atoms with Crippen LogP contribution in [-0.4, -0.2) is 47.1 Å². The molecule has 1 aromatic heterocycles. The molecule has 6 nitrogen and oxygen atoms in total. The van der Waals surface area contributed by atoms with Crippen molar-refractivity contribution in [2.45, 2.75) is 38.0 Å². The number of nitrogens with zero attached hydrogens (tertiary/aromatic N) is 2. The average Bonchev–Trinajstić information content (AvgIpc) is 2.83. The summed E-state index contributed by atoms with van der Waals surface area (Å²) in [6.45, 7) is 0.466. The van der Waals surface area contributed by atoms with Gasteiger partial charge in [0.1, 0.15) is 6.54 Å². The van der Waals surface area contributed by atoms with E-state index in [0.717, 1.165) is 5.56 Å². The number of halogens is 3. The molecule has 3 amide bonds. The average molecular weight is 344 g/mol. The number of carbonyl (C=O) groups excluding carboxylic acids is 2. The van der Waals surface area contributed by atoms with Crippen molar-refractivity contribution in [1.82, 2.24) is 20.5 Å². The molecule has 132 valence electrons. The topological polar surface area (TPSA) is 74.3 Å². The molecule has 2 heterocycles. The number of urea groups is 1. The monoisotopic (exact) mass is 344 g/mol. The molecule has 0 radical (unpaired) electrons. The van der Waals surface area contributed by atoms with Crippen LogP contribution in [0, 0.1) is 0 Å². The van der Waals surface area contributed by atoms with Gasteiger partial charge in [-0.05, 0) is 24.1 Å². The lowest BCUT2D eigenvalue weighted by atomic mass is 10.1. The standard InChI is InChI=1S/C15H19F3N4O2/c1-2-12(10-3-5-19-6-4-10)21-14(24)20-11-7-13(23)22(8-11)9-15(16,17)18/h3-6,11-12H,2,7-9H2,1H3,(H2,20,21,24)/t11-,12+/m0/s1. The molecule has 0 saturated carbocycles. The Balaban J connectivity index is 1.87. The van der Waals surface area contributed by atoms with Crippen LogP contribution in [0.3, 0.4) is 0 Å². The van der Waals surface area contributed by atoms with Gasteiger partial charge in [0.15, 0.2) is 0 Å². The molecule has 1 fully saturated rings. The van der Waals surface area contributed by atoms with E-state index in [0.29, 0.717) is 11.3 Å². The van der Waals surface area contributed by atoms with Crippen LogP contribution in [0.1, 0.15) is 31.4 Å². The van der Waals surface area contributed by atoms with Crippen molar-refractivity contribution >= 4 is 11.9 Å². The fraction of sp³-hybridized carbons (Fsp3) is 0.533. The van der Waals surface area contributed by atoms with Crippen LogP contribution in [0.2, 0.25) is 0 Å². The number of hydrogen-bond donors (Lipinski definition) is 2. The van der Waals surface area contributed by atoms with Crippen LogP contribution >= 0.6 is 0 Å². The van der Waals surface area contributed by atoms with E-state index in [-0.39, 0.29) is 19.0 Å². The number of carbonyl (C=O) groups is 2. The van der Waals surface area contributed by atoms with Gasteiger partial charge in [-0.1, -0.05) is 6.92 Å². The van der Waals surface area contributed by atoms with Gasteiger partial charge >= 0.3 is 12.2 Å². The highest BCUT2D eigenvalue weighted by Crippen LogP contribution is 2.21. The zero-order chi connectivity index (χ0) is 17.7. The number of nitrogens with one attached hydrogen (secondary N) is 2. The molecule has 2 N–H and O–H groups in total. The predicted octanol–water partition coefficient (Wildman–Crippen LogP) is 2.00. The van der Waals surface area contributed by atoms with Gasteiger partial charge in [0.2, 0.25) is 5.91 Å². The summed E-state index contributed by atoms with van der Waals surface area (Å²) >= 11 is 0. The largest absolute Gasteiger partial charge is 0.406 e. The Bertz CT molecular complexity index is 580. The molecular weight excluding hydrogens is 325 g/mol. The van der Waals surface area contributed by atoms with Gasteiger partial charge in [-0.15, -0.1) is 0 Å². The molecule has 9 heteroatoms. The Morgan fingerprint density at radius 3 is 2.67 bits per heavy atom. The molecule has 2 atom stereocenters. The van der Waals surface area contributed by atoms with Gasteiger partial charge in [-0.25, -0.2) is 4.79 Å². The van der Waals surface area contributed by atoms with Crippen molar-refractivity contribution in [2.24, 2.45) is 0 Å². The fourth-order valence-electron chi connectivity index (χ4n) is 2.64. The molecule has 0 spiro atoms.